The standard InChI is InChI=1S/C17H28N2O10.2C2H4/c20-11-27-10-13(28-12-21)9-26-8-2-7-18-14(22)3-1-4-17(25)29-19-15(23)5-6-16(19)24;2*1-2/h13,20-21H,1-12H2,(H,18,22);2*1-2H2. The zero-order chi connectivity index (χ0) is 25.5. The Balaban J connectivity index is 0. The lowest BCUT2D eigenvalue weighted by Gasteiger charge is -2.16. The Kier molecular flexibility index (Phi) is 22.2. The van der Waals surface area contributed by atoms with E-state index in [1.807, 2.05) is 0 Å². The second kappa shape index (κ2) is 22.6. The first-order valence-corrected chi connectivity index (χ1v) is 10.3. The fourth-order valence-corrected chi connectivity index (χ4v) is 2.34. The number of rotatable bonds is 16. The van der Waals surface area contributed by atoms with Crippen LogP contribution in [0.3, 0.4) is 0 Å². The number of imide groups is 1. The summed E-state index contributed by atoms with van der Waals surface area (Å²) in [6.07, 6.45) is 0.335. The lowest BCUT2D eigenvalue weighted by Crippen LogP contribution is -2.32. The van der Waals surface area contributed by atoms with Gasteiger partial charge in [0.25, 0.3) is 11.8 Å². The minimum Gasteiger partial charge on any atom is -0.379 e. The summed E-state index contributed by atoms with van der Waals surface area (Å²) < 4.78 is 15.1. The van der Waals surface area contributed by atoms with Crippen molar-refractivity contribution in [2.45, 2.75) is 44.6 Å². The highest BCUT2D eigenvalue weighted by Crippen LogP contribution is 2.13. The average molecular weight is 477 g/mol. The molecular weight excluding hydrogens is 440 g/mol. The van der Waals surface area contributed by atoms with E-state index in [2.05, 4.69) is 31.6 Å². The molecule has 1 fully saturated rings. The largest absolute Gasteiger partial charge is 0.379 e. The van der Waals surface area contributed by atoms with E-state index in [0.717, 1.165) is 0 Å². The number of nitrogens with zero attached hydrogens (tertiary/aromatic N) is 1. The van der Waals surface area contributed by atoms with Gasteiger partial charge in [0, 0.05) is 38.8 Å². The monoisotopic (exact) mass is 476 g/mol. The predicted molar refractivity (Wildman–Crippen MR) is 117 cm³/mol. The summed E-state index contributed by atoms with van der Waals surface area (Å²) in [6.45, 7) is 12.0. The van der Waals surface area contributed by atoms with Gasteiger partial charge >= 0.3 is 5.97 Å². The van der Waals surface area contributed by atoms with Crippen molar-refractivity contribution in [2.75, 3.05) is 40.0 Å². The van der Waals surface area contributed by atoms with Crippen LogP contribution in [0.25, 0.3) is 0 Å². The number of ether oxygens (including phenoxy) is 3. The summed E-state index contributed by atoms with van der Waals surface area (Å²) in [5.74, 6) is -2.07. The number of aliphatic hydroxyl groups is 2. The molecule has 1 rings (SSSR count). The molecule has 1 aliphatic heterocycles. The minimum absolute atomic E-state index is 0.0315. The molecule has 12 nitrogen and oxygen atoms in total. The molecule has 1 heterocycles. The maximum absolute atomic E-state index is 11.7. The van der Waals surface area contributed by atoms with Gasteiger partial charge in [0.15, 0.2) is 0 Å². The zero-order valence-electron chi connectivity index (χ0n) is 19.0. The van der Waals surface area contributed by atoms with E-state index in [4.69, 9.17) is 29.3 Å². The van der Waals surface area contributed by atoms with Gasteiger partial charge in [-0.05, 0) is 12.8 Å². The third kappa shape index (κ3) is 16.6. The molecule has 0 aromatic rings. The van der Waals surface area contributed by atoms with Crippen molar-refractivity contribution in [3.8, 4) is 0 Å². The summed E-state index contributed by atoms with van der Waals surface area (Å²) in [4.78, 5) is 50.7. The topological polar surface area (TPSA) is 161 Å². The summed E-state index contributed by atoms with van der Waals surface area (Å²) in [5, 5.41) is 20.5. The van der Waals surface area contributed by atoms with Crippen molar-refractivity contribution in [1.29, 1.82) is 0 Å². The molecule has 1 aliphatic rings. The molecule has 0 aromatic heterocycles. The quantitative estimate of drug-likeness (QED) is 0.121. The van der Waals surface area contributed by atoms with Crippen LogP contribution in [0, 0.1) is 0 Å². The van der Waals surface area contributed by atoms with Crippen LogP contribution >= 0.6 is 0 Å². The summed E-state index contributed by atoms with van der Waals surface area (Å²) >= 11 is 0. The van der Waals surface area contributed by atoms with Gasteiger partial charge in [-0.2, -0.15) is 0 Å². The highest BCUT2D eigenvalue weighted by Gasteiger charge is 2.32. The van der Waals surface area contributed by atoms with Gasteiger partial charge in [-0.25, -0.2) is 4.79 Å². The molecule has 0 radical (unpaired) electrons. The first-order chi connectivity index (χ1) is 16.0. The first kappa shape index (κ1) is 32.5. The van der Waals surface area contributed by atoms with Crippen molar-refractivity contribution >= 4 is 23.7 Å². The molecular formula is C21H36N2O10. The zero-order valence-corrected chi connectivity index (χ0v) is 19.0. The lowest BCUT2D eigenvalue weighted by molar-refractivity contribution is -0.197. The second-order valence-electron chi connectivity index (χ2n) is 6.09. The van der Waals surface area contributed by atoms with Gasteiger partial charge < -0.3 is 34.6 Å². The summed E-state index contributed by atoms with van der Waals surface area (Å²) in [5.41, 5.74) is 0. The Morgan fingerprint density at radius 2 is 1.55 bits per heavy atom. The molecule has 1 saturated heterocycles. The van der Waals surface area contributed by atoms with E-state index in [1.54, 1.807) is 0 Å². The Morgan fingerprint density at radius 1 is 0.939 bits per heavy atom. The van der Waals surface area contributed by atoms with E-state index in [9.17, 15) is 19.2 Å². The van der Waals surface area contributed by atoms with E-state index in [-0.39, 0.29) is 51.2 Å². The van der Waals surface area contributed by atoms with Gasteiger partial charge in [0.2, 0.25) is 5.91 Å². The maximum Gasteiger partial charge on any atom is 0.333 e. The van der Waals surface area contributed by atoms with Gasteiger partial charge in [0.05, 0.1) is 13.2 Å². The van der Waals surface area contributed by atoms with Crippen molar-refractivity contribution < 1.29 is 48.4 Å². The van der Waals surface area contributed by atoms with E-state index < -0.39 is 37.5 Å². The van der Waals surface area contributed by atoms with Crippen molar-refractivity contribution in [3.05, 3.63) is 26.3 Å². The van der Waals surface area contributed by atoms with Crippen LogP contribution < -0.4 is 5.32 Å². The Hall–Kier alpha value is -2.64. The number of carbonyl (C=O) groups is 4. The number of hydrogen-bond acceptors (Lipinski definition) is 10. The number of aliphatic hydroxyl groups excluding tert-OH is 2. The molecule has 0 saturated carbocycles. The van der Waals surface area contributed by atoms with Crippen LogP contribution in [0.2, 0.25) is 0 Å². The molecule has 3 N–H and O–H groups in total. The number of nitrogens with one attached hydrogen (secondary N) is 1. The van der Waals surface area contributed by atoms with E-state index >= 15 is 0 Å². The molecule has 190 valence electrons. The molecule has 33 heavy (non-hydrogen) atoms. The average Bonchev–Trinajstić information content (AvgIpc) is 3.14. The SMILES string of the molecule is C=C.C=C.O=C(CCCC(=O)ON1C(=O)CCC1=O)NCCCOCC(COCO)OCO. The Labute approximate surface area is 194 Å². The minimum atomic E-state index is -0.736. The fraction of sp³-hybridized carbons (Fsp3) is 0.619. The molecule has 12 heteroatoms. The third-order valence-electron chi connectivity index (χ3n) is 3.78. The Morgan fingerprint density at radius 3 is 2.12 bits per heavy atom. The predicted octanol–water partition coefficient (Wildman–Crippen LogP) is 0.193. The molecule has 1 atom stereocenters. The van der Waals surface area contributed by atoms with Gasteiger partial charge in [-0.3, -0.25) is 14.4 Å². The normalized spacial score (nSPS) is 13.3. The van der Waals surface area contributed by atoms with Crippen molar-refractivity contribution in [2.24, 2.45) is 0 Å². The van der Waals surface area contributed by atoms with Crippen LogP contribution in [-0.4, -0.2) is 85.0 Å². The highest BCUT2D eigenvalue weighted by atomic mass is 16.7. The highest BCUT2D eigenvalue weighted by molar-refractivity contribution is 6.01. The van der Waals surface area contributed by atoms with E-state index in [1.165, 1.54) is 0 Å². The van der Waals surface area contributed by atoms with Gasteiger partial charge in [0.1, 0.15) is 19.7 Å². The van der Waals surface area contributed by atoms with Crippen molar-refractivity contribution in [3.63, 3.8) is 0 Å². The molecule has 0 aromatic carbocycles. The molecule has 3 amide bonds. The van der Waals surface area contributed by atoms with Crippen LogP contribution in [-0.2, 0) is 38.2 Å². The van der Waals surface area contributed by atoms with Crippen LogP contribution in [0.4, 0.5) is 0 Å². The number of amides is 3. The van der Waals surface area contributed by atoms with Gasteiger partial charge in [-0.15, -0.1) is 31.4 Å². The van der Waals surface area contributed by atoms with Crippen LogP contribution in [0.5, 0.6) is 0 Å². The van der Waals surface area contributed by atoms with Crippen LogP contribution in [0.15, 0.2) is 26.3 Å². The molecule has 1 unspecified atom stereocenters. The molecule has 0 spiro atoms. The first-order valence-electron chi connectivity index (χ1n) is 10.3. The fourth-order valence-electron chi connectivity index (χ4n) is 2.34. The van der Waals surface area contributed by atoms with Gasteiger partial charge in [-0.1, -0.05) is 0 Å². The number of hydroxylamine groups is 2. The second-order valence-corrected chi connectivity index (χ2v) is 6.09. The van der Waals surface area contributed by atoms with Crippen molar-refractivity contribution in [1.82, 2.24) is 10.4 Å². The maximum atomic E-state index is 11.7. The smallest absolute Gasteiger partial charge is 0.333 e. The summed E-state index contributed by atoms with van der Waals surface area (Å²) in [6, 6.07) is 0. The molecule has 0 bridgehead atoms. The number of carbonyl (C=O) groups excluding carboxylic acids is 4. The third-order valence-corrected chi connectivity index (χ3v) is 3.78. The van der Waals surface area contributed by atoms with Crippen LogP contribution in [0.1, 0.15) is 38.5 Å². The lowest BCUT2D eigenvalue weighted by atomic mass is 10.2. The Bertz CT molecular complexity index is 555. The summed E-state index contributed by atoms with van der Waals surface area (Å²) in [7, 11) is 0. The van der Waals surface area contributed by atoms with E-state index in [0.29, 0.717) is 24.6 Å². The molecule has 0 aliphatic carbocycles. The number of hydrogen-bond donors (Lipinski definition) is 3.